The van der Waals surface area contributed by atoms with Gasteiger partial charge in [0.1, 0.15) is 0 Å². The minimum Gasteiger partial charge on any atom is -0.349 e. The average Bonchev–Trinajstić information content (AvgIpc) is 2.77. The van der Waals surface area contributed by atoms with E-state index in [9.17, 15) is 13.2 Å². The molecule has 6 nitrogen and oxygen atoms in total. The predicted octanol–water partition coefficient (Wildman–Crippen LogP) is 2.79. The average molecular weight is 428 g/mol. The number of carbonyl (C=O) groups is 1. The Morgan fingerprint density at radius 1 is 1.17 bits per heavy atom. The molecule has 1 amide bonds. The predicted molar refractivity (Wildman–Crippen MR) is 119 cm³/mol. The molecule has 0 bridgehead atoms. The van der Waals surface area contributed by atoms with Gasteiger partial charge in [0.2, 0.25) is 10.0 Å². The van der Waals surface area contributed by atoms with Crippen LogP contribution < -0.4 is 10.0 Å². The van der Waals surface area contributed by atoms with Gasteiger partial charge in [0, 0.05) is 31.7 Å². The molecule has 1 aliphatic heterocycles. The van der Waals surface area contributed by atoms with E-state index in [1.807, 2.05) is 18.2 Å². The van der Waals surface area contributed by atoms with Crippen LogP contribution >= 0.6 is 0 Å². The quantitative estimate of drug-likeness (QED) is 0.603. The highest BCUT2D eigenvalue weighted by Gasteiger charge is 2.23. The Hall–Kier alpha value is -2.48. The maximum Gasteiger partial charge on any atom is 0.251 e. The number of benzene rings is 2. The normalized spacial score (nSPS) is 17.4. The molecule has 30 heavy (non-hydrogen) atoms. The zero-order valence-electron chi connectivity index (χ0n) is 17.1. The van der Waals surface area contributed by atoms with Gasteiger partial charge in [0.25, 0.3) is 5.91 Å². The second-order valence-corrected chi connectivity index (χ2v) is 9.37. The summed E-state index contributed by atoms with van der Waals surface area (Å²) in [6, 6.07) is 16.4. The van der Waals surface area contributed by atoms with E-state index >= 15 is 0 Å². The van der Waals surface area contributed by atoms with Crippen LogP contribution in [0.4, 0.5) is 0 Å². The summed E-state index contributed by atoms with van der Waals surface area (Å²) in [6.07, 6.45) is 3.63. The summed E-state index contributed by atoms with van der Waals surface area (Å²) in [6.45, 7) is 7.05. The lowest BCUT2D eigenvalue weighted by Gasteiger charge is -2.32. The van der Waals surface area contributed by atoms with Gasteiger partial charge in [-0.15, -0.1) is 6.58 Å². The van der Waals surface area contributed by atoms with E-state index in [1.54, 1.807) is 18.2 Å². The molecular formula is C23H29N3O3S. The molecule has 2 aromatic rings. The molecule has 0 radical (unpaired) electrons. The summed E-state index contributed by atoms with van der Waals surface area (Å²) in [5.41, 5.74) is 1.58. The van der Waals surface area contributed by atoms with E-state index in [0.717, 1.165) is 32.5 Å². The molecule has 1 fully saturated rings. The van der Waals surface area contributed by atoms with Gasteiger partial charge in [0.15, 0.2) is 0 Å². The Balaban J connectivity index is 1.58. The van der Waals surface area contributed by atoms with Gasteiger partial charge in [-0.1, -0.05) is 42.5 Å². The van der Waals surface area contributed by atoms with Crippen molar-refractivity contribution < 1.29 is 13.2 Å². The van der Waals surface area contributed by atoms with Crippen LogP contribution in [0.15, 0.2) is 72.1 Å². The van der Waals surface area contributed by atoms with Crippen molar-refractivity contribution in [2.45, 2.75) is 24.3 Å². The van der Waals surface area contributed by atoms with Crippen molar-refractivity contribution in [1.82, 2.24) is 14.9 Å². The molecule has 1 heterocycles. The molecule has 0 aromatic heterocycles. The van der Waals surface area contributed by atoms with E-state index < -0.39 is 10.0 Å². The number of nitrogens with zero attached hydrogens (tertiary/aromatic N) is 1. The Morgan fingerprint density at radius 2 is 1.97 bits per heavy atom. The van der Waals surface area contributed by atoms with Crippen molar-refractivity contribution in [3.8, 4) is 0 Å². The van der Waals surface area contributed by atoms with Crippen LogP contribution in [-0.4, -0.2) is 45.4 Å². The summed E-state index contributed by atoms with van der Waals surface area (Å²) in [4.78, 5) is 14.6. The monoisotopic (exact) mass is 427 g/mol. The molecule has 7 heteroatoms. The fourth-order valence-corrected chi connectivity index (χ4v) is 4.85. The number of nitrogens with one attached hydrogen (secondary N) is 2. The molecule has 1 unspecified atom stereocenters. The lowest BCUT2D eigenvalue weighted by Crippen LogP contribution is -2.40. The van der Waals surface area contributed by atoms with Gasteiger partial charge >= 0.3 is 0 Å². The largest absolute Gasteiger partial charge is 0.349 e. The molecule has 1 atom stereocenters. The zero-order chi connectivity index (χ0) is 21.4. The number of amides is 1. The van der Waals surface area contributed by atoms with Crippen molar-refractivity contribution in [2.24, 2.45) is 5.92 Å². The van der Waals surface area contributed by atoms with Crippen LogP contribution in [0.1, 0.15) is 28.8 Å². The number of hydrogen-bond acceptors (Lipinski definition) is 4. The fourth-order valence-electron chi connectivity index (χ4n) is 3.69. The third-order valence-electron chi connectivity index (χ3n) is 5.23. The third-order valence-corrected chi connectivity index (χ3v) is 6.65. The molecule has 2 N–H and O–H groups in total. The zero-order valence-corrected chi connectivity index (χ0v) is 17.9. The number of hydrogen-bond donors (Lipinski definition) is 2. The molecule has 0 aliphatic carbocycles. The van der Waals surface area contributed by atoms with Gasteiger partial charge in [0.05, 0.1) is 4.90 Å². The van der Waals surface area contributed by atoms with Crippen LogP contribution in [-0.2, 0) is 16.6 Å². The van der Waals surface area contributed by atoms with Crippen molar-refractivity contribution in [2.75, 3.05) is 26.2 Å². The van der Waals surface area contributed by atoms with Gasteiger partial charge in [-0.25, -0.2) is 13.1 Å². The molecule has 160 valence electrons. The number of rotatable bonds is 9. The van der Waals surface area contributed by atoms with Crippen molar-refractivity contribution >= 4 is 15.9 Å². The van der Waals surface area contributed by atoms with Crippen LogP contribution in [0, 0.1) is 5.92 Å². The van der Waals surface area contributed by atoms with Crippen molar-refractivity contribution in [1.29, 1.82) is 0 Å². The number of piperidine rings is 1. The molecule has 3 rings (SSSR count). The lowest BCUT2D eigenvalue weighted by atomic mass is 9.98. The molecular weight excluding hydrogens is 398 g/mol. The van der Waals surface area contributed by atoms with Gasteiger partial charge in [-0.05, 0) is 49.1 Å². The summed E-state index contributed by atoms with van der Waals surface area (Å²) in [7, 11) is -3.68. The Bertz CT molecular complexity index is 961. The first-order valence-corrected chi connectivity index (χ1v) is 11.7. The first-order valence-electron chi connectivity index (χ1n) is 10.2. The summed E-state index contributed by atoms with van der Waals surface area (Å²) in [5.74, 6) is -0.0629. The van der Waals surface area contributed by atoms with Crippen molar-refractivity contribution in [3.05, 3.63) is 78.4 Å². The van der Waals surface area contributed by atoms with Crippen LogP contribution in [0.3, 0.4) is 0 Å². The Morgan fingerprint density at radius 3 is 2.73 bits per heavy atom. The standard InChI is InChI=1S/C23H29N3O3S/c1-2-13-24-23(27)21-11-6-12-22(15-21)30(28,29)25-16-20-10-7-14-26(18-20)17-19-8-4-3-5-9-19/h2-6,8-9,11-12,15,20,25H,1,7,10,13-14,16-18H2,(H,24,27). The summed E-state index contributed by atoms with van der Waals surface area (Å²) in [5, 5.41) is 2.66. The van der Waals surface area contributed by atoms with E-state index in [0.29, 0.717) is 18.7 Å². The SMILES string of the molecule is C=CCNC(=O)c1cccc(S(=O)(=O)NCC2CCCN(Cc3ccccc3)C2)c1. The van der Waals surface area contributed by atoms with Crippen LogP contribution in [0.2, 0.25) is 0 Å². The lowest BCUT2D eigenvalue weighted by molar-refractivity contribution is 0.0958. The molecule has 0 saturated carbocycles. The minimum absolute atomic E-state index is 0.103. The van der Waals surface area contributed by atoms with Crippen LogP contribution in [0.25, 0.3) is 0 Å². The van der Waals surface area contributed by atoms with Crippen LogP contribution in [0.5, 0.6) is 0 Å². The molecule has 1 saturated heterocycles. The Labute approximate surface area is 179 Å². The highest BCUT2D eigenvalue weighted by molar-refractivity contribution is 7.89. The maximum absolute atomic E-state index is 12.8. The summed E-state index contributed by atoms with van der Waals surface area (Å²) >= 11 is 0. The first-order chi connectivity index (χ1) is 14.5. The molecule has 2 aromatic carbocycles. The van der Waals surface area contributed by atoms with Gasteiger partial charge < -0.3 is 5.32 Å². The summed E-state index contributed by atoms with van der Waals surface area (Å²) < 4.78 is 28.3. The minimum atomic E-state index is -3.68. The topological polar surface area (TPSA) is 78.5 Å². The third kappa shape index (κ3) is 6.26. The highest BCUT2D eigenvalue weighted by atomic mass is 32.2. The van der Waals surface area contributed by atoms with Crippen molar-refractivity contribution in [3.63, 3.8) is 0 Å². The van der Waals surface area contributed by atoms with E-state index in [4.69, 9.17) is 0 Å². The van der Waals surface area contributed by atoms with E-state index in [2.05, 4.69) is 33.7 Å². The number of carbonyl (C=O) groups excluding carboxylic acids is 1. The second-order valence-electron chi connectivity index (χ2n) is 7.61. The fraction of sp³-hybridized carbons (Fsp3) is 0.348. The number of likely N-dealkylation sites (tertiary alicyclic amines) is 1. The van der Waals surface area contributed by atoms with E-state index in [1.165, 1.54) is 17.7 Å². The second kappa shape index (κ2) is 10.5. The smallest absolute Gasteiger partial charge is 0.251 e. The van der Waals surface area contributed by atoms with Gasteiger partial charge in [-0.3, -0.25) is 9.69 Å². The van der Waals surface area contributed by atoms with Gasteiger partial charge in [-0.2, -0.15) is 0 Å². The van der Waals surface area contributed by atoms with E-state index in [-0.39, 0.29) is 16.7 Å². The Kier molecular flexibility index (Phi) is 7.79. The first kappa shape index (κ1) is 22.2. The highest BCUT2D eigenvalue weighted by Crippen LogP contribution is 2.19. The molecule has 0 spiro atoms. The number of sulfonamides is 1. The molecule has 1 aliphatic rings. The maximum atomic E-state index is 12.8.